The summed E-state index contributed by atoms with van der Waals surface area (Å²) in [7, 11) is 0. The van der Waals surface area contributed by atoms with Crippen molar-refractivity contribution in [3.8, 4) is 0 Å². The molecular formula is C10H14O2. The maximum absolute atomic E-state index is 11.1. The Hall–Kier alpha value is -0.660. The van der Waals surface area contributed by atoms with E-state index in [9.17, 15) is 9.59 Å². The first-order valence-electron chi connectivity index (χ1n) is 4.79. The number of ketones is 2. The maximum atomic E-state index is 11.1. The van der Waals surface area contributed by atoms with E-state index in [0.29, 0.717) is 36.2 Å². The van der Waals surface area contributed by atoms with Gasteiger partial charge < -0.3 is 0 Å². The third-order valence-corrected chi connectivity index (χ3v) is 3.23. The fourth-order valence-electron chi connectivity index (χ4n) is 2.50. The Morgan fingerprint density at radius 2 is 1.33 bits per heavy atom. The molecule has 0 amide bonds. The van der Waals surface area contributed by atoms with Crippen LogP contribution < -0.4 is 0 Å². The van der Waals surface area contributed by atoms with Crippen LogP contribution in [0.25, 0.3) is 0 Å². The Morgan fingerprint density at radius 1 is 0.833 bits per heavy atom. The first-order valence-corrected chi connectivity index (χ1v) is 4.79. The standard InChI is InChI=1S/C10H14O2/c11-9-3-1-7-2-4-10(12)6-8(7)5-9/h7-8H,1-6H2. The molecule has 0 aliphatic heterocycles. The maximum Gasteiger partial charge on any atom is 0.133 e. The van der Waals surface area contributed by atoms with Crippen molar-refractivity contribution in [1.29, 1.82) is 0 Å². The molecule has 0 saturated heterocycles. The van der Waals surface area contributed by atoms with E-state index in [1.807, 2.05) is 0 Å². The molecule has 2 nitrogen and oxygen atoms in total. The van der Waals surface area contributed by atoms with E-state index in [2.05, 4.69) is 0 Å². The van der Waals surface area contributed by atoms with Crippen molar-refractivity contribution in [2.45, 2.75) is 38.5 Å². The molecule has 2 aliphatic rings. The SMILES string of the molecule is O=C1CCC2CCC(=O)CC2C1. The van der Waals surface area contributed by atoms with Crippen LogP contribution in [-0.2, 0) is 9.59 Å². The molecule has 2 aliphatic carbocycles. The Bertz CT molecular complexity index is 198. The van der Waals surface area contributed by atoms with E-state index < -0.39 is 0 Å². The van der Waals surface area contributed by atoms with Gasteiger partial charge in [0.15, 0.2) is 0 Å². The van der Waals surface area contributed by atoms with Gasteiger partial charge in [-0.2, -0.15) is 0 Å². The van der Waals surface area contributed by atoms with Crippen molar-refractivity contribution in [2.75, 3.05) is 0 Å². The molecule has 0 N–H and O–H groups in total. The van der Waals surface area contributed by atoms with Gasteiger partial charge in [0.05, 0.1) is 0 Å². The normalized spacial score (nSPS) is 36.3. The highest BCUT2D eigenvalue weighted by molar-refractivity contribution is 5.83. The number of carbonyl (C=O) groups excluding carboxylic acids is 2. The lowest BCUT2D eigenvalue weighted by atomic mass is 9.70. The zero-order chi connectivity index (χ0) is 8.55. The molecule has 66 valence electrons. The van der Waals surface area contributed by atoms with Crippen LogP contribution in [0.15, 0.2) is 0 Å². The smallest absolute Gasteiger partial charge is 0.133 e. The van der Waals surface area contributed by atoms with Gasteiger partial charge in [-0.15, -0.1) is 0 Å². The first kappa shape index (κ1) is 7.96. The molecule has 0 heterocycles. The molecule has 0 bridgehead atoms. The van der Waals surface area contributed by atoms with Crippen LogP contribution in [0.3, 0.4) is 0 Å². The summed E-state index contributed by atoms with van der Waals surface area (Å²) >= 11 is 0. The zero-order valence-corrected chi connectivity index (χ0v) is 7.21. The van der Waals surface area contributed by atoms with Crippen LogP contribution in [0.2, 0.25) is 0 Å². The number of hydrogen-bond acceptors (Lipinski definition) is 2. The van der Waals surface area contributed by atoms with E-state index in [1.54, 1.807) is 0 Å². The zero-order valence-electron chi connectivity index (χ0n) is 7.21. The monoisotopic (exact) mass is 166 g/mol. The summed E-state index contributed by atoms with van der Waals surface area (Å²) in [5, 5.41) is 0. The molecule has 2 rings (SSSR count). The lowest BCUT2D eigenvalue weighted by Gasteiger charge is -2.33. The summed E-state index contributed by atoms with van der Waals surface area (Å²) in [6.07, 6.45) is 4.95. The minimum Gasteiger partial charge on any atom is -0.300 e. The number of fused-ring (bicyclic) bond motifs is 1. The second-order valence-corrected chi connectivity index (χ2v) is 4.08. The quantitative estimate of drug-likeness (QED) is 0.549. The van der Waals surface area contributed by atoms with Crippen LogP contribution >= 0.6 is 0 Å². The topological polar surface area (TPSA) is 34.1 Å². The van der Waals surface area contributed by atoms with Crippen LogP contribution in [0.4, 0.5) is 0 Å². The number of rotatable bonds is 0. The molecule has 2 fully saturated rings. The van der Waals surface area contributed by atoms with Gasteiger partial charge in [-0.05, 0) is 24.7 Å². The summed E-state index contributed by atoms with van der Waals surface area (Å²) in [5.41, 5.74) is 0. The second kappa shape index (κ2) is 3.00. The van der Waals surface area contributed by atoms with Gasteiger partial charge in [0.2, 0.25) is 0 Å². The molecule has 0 spiro atoms. The van der Waals surface area contributed by atoms with Crippen molar-refractivity contribution in [1.82, 2.24) is 0 Å². The van der Waals surface area contributed by atoms with E-state index in [-0.39, 0.29) is 0 Å². The summed E-state index contributed by atoms with van der Waals surface area (Å²) in [6, 6.07) is 0. The number of carbonyl (C=O) groups is 2. The van der Waals surface area contributed by atoms with Crippen LogP contribution in [0, 0.1) is 11.8 Å². The summed E-state index contributed by atoms with van der Waals surface area (Å²) < 4.78 is 0. The molecule has 2 heteroatoms. The van der Waals surface area contributed by atoms with Crippen molar-refractivity contribution in [2.24, 2.45) is 11.8 Å². The van der Waals surface area contributed by atoms with Gasteiger partial charge in [0, 0.05) is 25.7 Å². The Labute approximate surface area is 72.3 Å². The molecule has 12 heavy (non-hydrogen) atoms. The third kappa shape index (κ3) is 1.43. The van der Waals surface area contributed by atoms with Crippen molar-refractivity contribution >= 4 is 11.6 Å². The van der Waals surface area contributed by atoms with E-state index in [4.69, 9.17) is 0 Å². The molecule has 0 radical (unpaired) electrons. The lowest BCUT2D eigenvalue weighted by molar-refractivity contribution is -0.127. The summed E-state index contributed by atoms with van der Waals surface area (Å²) in [4.78, 5) is 22.2. The average Bonchev–Trinajstić information content (AvgIpc) is 2.03. The van der Waals surface area contributed by atoms with E-state index in [0.717, 1.165) is 25.7 Å². The van der Waals surface area contributed by atoms with E-state index >= 15 is 0 Å². The highest BCUT2D eigenvalue weighted by Crippen LogP contribution is 2.37. The highest BCUT2D eigenvalue weighted by Gasteiger charge is 2.33. The second-order valence-electron chi connectivity index (χ2n) is 4.08. The molecule has 0 aromatic carbocycles. The van der Waals surface area contributed by atoms with Gasteiger partial charge in [-0.1, -0.05) is 0 Å². The van der Waals surface area contributed by atoms with Crippen molar-refractivity contribution in [3.63, 3.8) is 0 Å². The summed E-state index contributed by atoms with van der Waals surface area (Å²) in [6.45, 7) is 0. The number of hydrogen-bond donors (Lipinski definition) is 0. The van der Waals surface area contributed by atoms with Gasteiger partial charge >= 0.3 is 0 Å². The van der Waals surface area contributed by atoms with Crippen LogP contribution in [0.5, 0.6) is 0 Å². The Balaban J connectivity index is 2.03. The molecular weight excluding hydrogens is 152 g/mol. The minimum atomic E-state index is 0.367. The molecule has 2 saturated carbocycles. The first-order chi connectivity index (χ1) is 5.75. The summed E-state index contributed by atoms with van der Waals surface area (Å²) in [5.74, 6) is 1.82. The van der Waals surface area contributed by atoms with Gasteiger partial charge in [0.1, 0.15) is 11.6 Å². The lowest BCUT2D eigenvalue weighted by Crippen LogP contribution is -2.31. The minimum absolute atomic E-state index is 0.367. The third-order valence-electron chi connectivity index (χ3n) is 3.23. The largest absolute Gasteiger partial charge is 0.300 e. The predicted octanol–water partition coefficient (Wildman–Crippen LogP) is 1.72. The molecule has 0 atom stereocenters. The van der Waals surface area contributed by atoms with Gasteiger partial charge in [-0.3, -0.25) is 9.59 Å². The molecule has 0 aromatic heterocycles. The average molecular weight is 166 g/mol. The van der Waals surface area contributed by atoms with Crippen molar-refractivity contribution < 1.29 is 9.59 Å². The van der Waals surface area contributed by atoms with Gasteiger partial charge in [0.25, 0.3) is 0 Å². The van der Waals surface area contributed by atoms with Gasteiger partial charge in [-0.25, -0.2) is 0 Å². The predicted molar refractivity (Wildman–Crippen MR) is 44.7 cm³/mol. The van der Waals surface area contributed by atoms with Crippen LogP contribution in [0.1, 0.15) is 38.5 Å². The Kier molecular flexibility index (Phi) is 1.99. The van der Waals surface area contributed by atoms with Crippen LogP contribution in [-0.4, -0.2) is 11.6 Å². The molecule has 0 unspecified atom stereocenters. The molecule has 0 aromatic rings. The van der Waals surface area contributed by atoms with Crippen molar-refractivity contribution in [3.05, 3.63) is 0 Å². The Morgan fingerprint density at radius 3 is 1.83 bits per heavy atom. The fourth-order valence-corrected chi connectivity index (χ4v) is 2.50. The van der Waals surface area contributed by atoms with E-state index in [1.165, 1.54) is 0 Å². The number of Topliss-reactive ketones (excluding diaryl/α,β-unsaturated/α-hetero) is 2. The fraction of sp³-hybridized carbons (Fsp3) is 0.800. The highest BCUT2D eigenvalue weighted by atomic mass is 16.1.